The lowest BCUT2D eigenvalue weighted by Gasteiger charge is -2.10. The van der Waals surface area contributed by atoms with Gasteiger partial charge in [0.05, 0.1) is 31.0 Å². The molecule has 0 bridgehead atoms. The van der Waals surface area contributed by atoms with E-state index in [0.717, 1.165) is 27.6 Å². The maximum atomic E-state index is 12.3. The van der Waals surface area contributed by atoms with E-state index in [0.29, 0.717) is 29.0 Å². The predicted octanol–water partition coefficient (Wildman–Crippen LogP) is 2.35. The van der Waals surface area contributed by atoms with Gasteiger partial charge in [-0.05, 0) is 53.8 Å². The number of H-pyrrole nitrogens is 1. The Balaban J connectivity index is 1.46. The third-order valence-electron chi connectivity index (χ3n) is 5.65. The number of benzene rings is 2. The van der Waals surface area contributed by atoms with Crippen LogP contribution in [0.3, 0.4) is 0 Å². The van der Waals surface area contributed by atoms with Crippen LogP contribution in [-0.4, -0.2) is 49.2 Å². The number of aromatic nitrogens is 5. The van der Waals surface area contributed by atoms with Crippen LogP contribution >= 0.6 is 0 Å². The van der Waals surface area contributed by atoms with Gasteiger partial charge >= 0.3 is 0 Å². The lowest BCUT2D eigenvalue weighted by atomic mass is 10.0. The molecule has 0 radical (unpaired) electrons. The van der Waals surface area contributed by atoms with E-state index >= 15 is 0 Å². The van der Waals surface area contributed by atoms with Crippen LogP contribution in [0.25, 0.3) is 33.3 Å². The van der Waals surface area contributed by atoms with Crippen molar-refractivity contribution < 1.29 is 14.7 Å². The molecule has 0 unspecified atom stereocenters. The number of para-hydroxylation sites is 1. The molecule has 176 valence electrons. The van der Waals surface area contributed by atoms with Crippen molar-refractivity contribution in [2.45, 2.75) is 13.5 Å². The van der Waals surface area contributed by atoms with Crippen molar-refractivity contribution in [2.75, 3.05) is 13.2 Å². The monoisotopic (exact) mass is 470 g/mol. The van der Waals surface area contributed by atoms with Crippen LogP contribution in [0.2, 0.25) is 0 Å². The highest BCUT2D eigenvalue weighted by atomic mass is 16.7. The first kappa shape index (κ1) is 22.4. The minimum Gasteiger partial charge on any atom is -0.394 e. The zero-order valence-corrected chi connectivity index (χ0v) is 18.9. The summed E-state index contributed by atoms with van der Waals surface area (Å²) in [5.74, 6) is -0.388. The number of nitrogens with one attached hydrogen (secondary N) is 2. The molecule has 10 heteroatoms. The minimum atomic E-state index is -0.388. The summed E-state index contributed by atoms with van der Waals surface area (Å²) in [5, 5.41) is 18.2. The molecular formula is C25H22N6O4. The number of rotatable bonds is 7. The fraction of sp³-hybridized carbons (Fsp3) is 0.160. The number of fused-ring (bicyclic) bond motifs is 2. The molecule has 0 aliphatic rings. The van der Waals surface area contributed by atoms with Crippen LogP contribution in [-0.2, 0) is 11.4 Å². The quantitative estimate of drug-likeness (QED) is 0.245. The Bertz CT molecular complexity index is 1610. The van der Waals surface area contributed by atoms with Gasteiger partial charge in [-0.25, -0.2) is 15.1 Å². The normalized spacial score (nSPS) is 11.3. The van der Waals surface area contributed by atoms with Gasteiger partial charge in [-0.2, -0.15) is 0 Å². The number of hydrogen-bond donors (Lipinski definition) is 3. The Labute approximate surface area is 199 Å². The Morgan fingerprint density at radius 1 is 1.14 bits per heavy atom. The third-order valence-corrected chi connectivity index (χ3v) is 5.65. The maximum Gasteiger partial charge on any atom is 0.275 e. The van der Waals surface area contributed by atoms with Crippen LogP contribution in [0, 0.1) is 6.92 Å². The smallest absolute Gasteiger partial charge is 0.275 e. The van der Waals surface area contributed by atoms with Gasteiger partial charge in [0, 0.05) is 17.2 Å². The molecule has 1 amide bonds. The Kier molecular flexibility index (Phi) is 6.04. The molecule has 3 N–H and O–H groups in total. The number of aliphatic hydroxyl groups excluding tert-OH is 1. The summed E-state index contributed by atoms with van der Waals surface area (Å²) >= 11 is 0. The summed E-state index contributed by atoms with van der Waals surface area (Å²) in [6.07, 6.45) is 0. The number of carbonyl (C=O) groups excluding carboxylic acids is 1. The van der Waals surface area contributed by atoms with Crippen molar-refractivity contribution in [1.29, 1.82) is 0 Å². The number of aromatic amines is 1. The van der Waals surface area contributed by atoms with E-state index in [2.05, 4.69) is 20.8 Å². The first-order chi connectivity index (χ1) is 17.0. The molecule has 2 aromatic carbocycles. The van der Waals surface area contributed by atoms with Crippen LogP contribution in [0.1, 0.15) is 21.5 Å². The van der Waals surface area contributed by atoms with Crippen molar-refractivity contribution in [3.63, 3.8) is 0 Å². The first-order valence-electron chi connectivity index (χ1n) is 11.0. The van der Waals surface area contributed by atoms with Crippen molar-refractivity contribution >= 4 is 28.0 Å². The molecule has 3 aromatic heterocycles. The SMILES string of the molecule is Cc1cc(-c2ccc3nnn(Cc4cccc5ccc(=O)[nH]c45)c3n2)ccc1C(=O)NOCCO. The minimum absolute atomic E-state index is 0.0172. The summed E-state index contributed by atoms with van der Waals surface area (Å²) in [6.45, 7) is 2.05. The second kappa shape index (κ2) is 9.45. The second-order valence-electron chi connectivity index (χ2n) is 8.02. The summed E-state index contributed by atoms with van der Waals surface area (Å²) in [5.41, 5.74) is 7.81. The topological polar surface area (TPSA) is 135 Å². The summed E-state index contributed by atoms with van der Waals surface area (Å²) in [4.78, 5) is 36.7. The molecule has 5 aromatic rings. The van der Waals surface area contributed by atoms with Gasteiger partial charge in [-0.3, -0.25) is 14.4 Å². The van der Waals surface area contributed by atoms with Gasteiger partial charge < -0.3 is 10.1 Å². The van der Waals surface area contributed by atoms with Crippen molar-refractivity contribution in [3.05, 3.63) is 87.7 Å². The number of aryl methyl sites for hydroxylation is 1. The molecule has 0 fully saturated rings. The van der Waals surface area contributed by atoms with Gasteiger partial charge in [0.2, 0.25) is 5.56 Å². The zero-order valence-electron chi connectivity index (χ0n) is 18.9. The highest BCUT2D eigenvalue weighted by Crippen LogP contribution is 2.24. The molecule has 35 heavy (non-hydrogen) atoms. The van der Waals surface area contributed by atoms with Crippen LogP contribution in [0.15, 0.2) is 65.5 Å². The van der Waals surface area contributed by atoms with Crippen LogP contribution in [0.4, 0.5) is 0 Å². The van der Waals surface area contributed by atoms with Crippen LogP contribution in [0.5, 0.6) is 0 Å². The number of aliphatic hydroxyl groups is 1. The van der Waals surface area contributed by atoms with Gasteiger partial charge in [0.1, 0.15) is 5.52 Å². The first-order valence-corrected chi connectivity index (χ1v) is 11.0. The molecule has 10 nitrogen and oxygen atoms in total. The average Bonchev–Trinajstić information content (AvgIpc) is 3.26. The van der Waals surface area contributed by atoms with Crippen molar-refractivity contribution in [2.24, 2.45) is 0 Å². The Morgan fingerprint density at radius 2 is 2.03 bits per heavy atom. The van der Waals surface area contributed by atoms with E-state index in [-0.39, 0.29) is 24.7 Å². The molecule has 0 aliphatic heterocycles. The van der Waals surface area contributed by atoms with Crippen molar-refractivity contribution in [1.82, 2.24) is 30.4 Å². The molecule has 0 atom stereocenters. The molecule has 0 saturated carbocycles. The zero-order chi connectivity index (χ0) is 24.4. The number of carbonyl (C=O) groups is 1. The van der Waals surface area contributed by atoms with Gasteiger partial charge in [0.15, 0.2) is 5.65 Å². The second-order valence-corrected chi connectivity index (χ2v) is 8.02. The lowest BCUT2D eigenvalue weighted by molar-refractivity contribution is 0.0168. The van der Waals surface area contributed by atoms with E-state index in [1.165, 1.54) is 6.07 Å². The molecule has 0 saturated heterocycles. The molecule has 3 heterocycles. The summed E-state index contributed by atoms with van der Waals surface area (Å²) < 4.78 is 1.70. The fourth-order valence-electron chi connectivity index (χ4n) is 3.95. The highest BCUT2D eigenvalue weighted by molar-refractivity contribution is 5.95. The average molecular weight is 470 g/mol. The molecular weight excluding hydrogens is 448 g/mol. The van der Waals surface area contributed by atoms with Gasteiger partial charge in [-0.15, -0.1) is 5.10 Å². The van der Waals surface area contributed by atoms with E-state index in [9.17, 15) is 9.59 Å². The summed E-state index contributed by atoms with van der Waals surface area (Å²) in [6, 6.07) is 18.2. The highest BCUT2D eigenvalue weighted by Gasteiger charge is 2.14. The Hall–Kier alpha value is -4.41. The number of hydroxylamine groups is 1. The van der Waals surface area contributed by atoms with E-state index in [1.807, 2.05) is 49.4 Å². The number of amides is 1. The molecule has 0 spiro atoms. The largest absolute Gasteiger partial charge is 0.394 e. The molecule has 5 rings (SSSR count). The van der Waals surface area contributed by atoms with Gasteiger partial charge in [0.25, 0.3) is 5.91 Å². The predicted molar refractivity (Wildman–Crippen MR) is 130 cm³/mol. The van der Waals surface area contributed by atoms with Crippen LogP contribution < -0.4 is 11.0 Å². The lowest BCUT2D eigenvalue weighted by Crippen LogP contribution is -2.25. The standard InChI is InChI=1S/C25H22N6O4/c1-15-13-17(5-7-19(15)25(34)29-35-12-11-32)20-8-9-21-24(26-20)31(30-28-21)14-18-4-2-3-16-6-10-22(33)27-23(16)18/h2-10,13,32H,11-12,14H2,1H3,(H,27,33)(H,29,34). The maximum absolute atomic E-state index is 12.3. The summed E-state index contributed by atoms with van der Waals surface area (Å²) in [7, 11) is 0. The number of pyridine rings is 2. The van der Waals surface area contributed by atoms with Gasteiger partial charge in [-0.1, -0.05) is 29.5 Å². The fourth-order valence-corrected chi connectivity index (χ4v) is 3.95. The Morgan fingerprint density at radius 3 is 2.86 bits per heavy atom. The van der Waals surface area contributed by atoms with E-state index in [1.54, 1.807) is 16.8 Å². The molecule has 0 aliphatic carbocycles. The van der Waals surface area contributed by atoms with E-state index in [4.69, 9.17) is 14.9 Å². The van der Waals surface area contributed by atoms with Crippen molar-refractivity contribution in [3.8, 4) is 11.3 Å². The van der Waals surface area contributed by atoms with E-state index < -0.39 is 0 Å². The third kappa shape index (κ3) is 4.52. The number of nitrogens with zero attached hydrogens (tertiary/aromatic N) is 4. The number of hydrogen-bond acceptors (Lipinski definition) is 7.